The third-order valence-electron chi connectivity index (χ3n) is 2.71. The Labute approximate surface area is 113 Å². The lowest BCUT2D eigenvalue weighted by molar-refractivity contribution is 0.561. The SMILES string of the molecule is CCS(=N)(=O)C(C)(C)C.CCS(=O)(=O)C(C)(C)C. The Morgan fingerprint density at radius 2 is 1.11 bits per heavy atom. The van der Waals surface area contributed by atoms with Crippen molar-refractivity contribution in [1.82, 2.24) is 0 Å². The molecule has 112 valence electrons. The van der Waals surface area contributed by atoms with E-state index in [0.29, 0.717) is 5.75 Å². The zero-order valence-electron chi connectivity index (χ0n) is 13.0. The minimum Gasteiger partial charge on any atom is -0.252 e. The largest absolute Gasteiger partial charge is 0.252 e. The highest BCUT2D eigenvalue weighted by Crippen LogP contribution is 2.16. The first-order chi connectivity index (χ1) is 7.62. The van der Waals surface area contributed by atoms with Gasteiger partial charge < -0.3 is 0 Å². The van der Waals surface area contributed by atoms with Crippen LogP contribution in [0, 0.1) is 4.78 Å². The maximum absolute atomic E-state index is 11.2. The van der Waals surface area contributed by atoms with Gasteiger partial charge in [-0.2, -0.15) is 0 Å². The van der Waals surface area contributed by atoms with E-state index < -0.39 is 24.3 Å². The van der Waals surface area contributed by atoms with Crippen LogP contribution >= 0.6 is 0 Å². The first kappa shape index (κ1) is 20.2. The summed E-state index contributed by atoms with van der Waals surface area (Å²) in [6.45, 7) is 14.1. The molecule has 0 aliphatic rings. The van der Waals surface area contributed by atoms with Crippen molar-refractivity contribution in [2.45, 2.75) is 64.9 Å². The highest BCUT2D eigenvalue weighted by Gasteiger charge is 2.26. The topological polar surface area (TPSA) is 75.1 Å². The Hall–Kier alpha value is -0.100. The van der Waals surface area contributed by atoms with Gasteiger partial charge in [-0.3, -0.25) is 4.78 Å². The fourth-order valence-corrected chi connectivity index (χ4v) is 2.60. The number of hydrogen-bond donors (Lipinski definition) is 1. The van der Waals surface area contributed by atoms with E-state index in [9.17, 15) is 12.6 Å². The molecule has 0 aliphatic carbocycles. The normalized spacial score (nSPS) is 16.4. The fourth-order valence-electron chi connectivity index (χ4n) is 0.866. The summed E-state index contributed by atoms with van der Waals surface area (Å²) in [5, 5.41) is 0. The average Bonchev–Trinajstić information content (AvgIpc) is 2.15. The molecule has 0 heterocycles. The van der Waals surface area contributed by atoms with Crippen molar-refractivity contribution < 1.29 is 12.6 Å². The van der Waals surface area contributed by atoms with Gasteiger partial charge >= 0.3 is 0 Å². The van der Waals surface area contributed by atoms with E-state index in [1.807, 2.05) is 20.8 Å². The van der Waals surface area contributed by atoms with E-state index >= 15 is 0 Å². The molecule has 0 aromatic heterocycles. The Balaban J connectivity index is 0. The molecular formula is C12H29NO3S2. The van der Waals surface area contributed by atoms with Crippen LogP contribution in [0.15, 0.2) is 0 Å². The van der Waals surface area contributed by atoms with E-state index in [-0.39, 0.29) is 10.5 Å². The van der Waals surface area contributed by atoms with Crippen LogP contribution in [0.5, 0.6) is 0 Å². The molecule has 0 saturated heterocycles. The third-order valence-corrected chi connectivity index (χ3v) is 8.13. The molecule has 0 saturated carbocycles. The molecule has 6 heteroatoms. The van der Waals surface area contributed by atoms with Gasteiger partial charge in [0, 0.05) is 26.0 Å². The van der Waals surface area contributed by atoms with Crippen molar-refractivity contribution in [1.29, 1.82) is 4.78 Å². The van der Waals surface area contributed by atoms with Crippen LogP contribution in [0.4, 0.5) is 0 Å². The minimum atomic E-state index is -2.84. The van der Waals surface area contributed by atoms with E-state index in [4.69, 9.17) is 4.78 Å². The highest BCUT2D eigenvalue weighted by atomic mass is 32.2. The van der Waals surface area contributed by atoms with Gasteiger partial charge in [-0.05, 0) is 41.5 Å². The van der Waals surface area contributed by atoms with Gasteiger partial charge in [-0.15, -0.1) is 0 Å². The Morgan fingerprint density at radius 3 is 1.11 bits per heavy atom. The molecule has 0 radical (unpaired) electrons. The number of hydrogen-bond acceptors (Lipinski definition) is 4. The van der Waals surface area contributed by atoms with Crippen molar-refractivity contribution in [3.05, 3.63) is 0 Å². The summed E-state index contributed by atoms with van der Waals surface area (Å²) in [4.78, 5) is 0. The van der Waals surface area contributed by atoms with Gasteiger partial charge in [0.2, 0.25) is 0 Å². The molecule has 0 spiro atoms. The highest BCUT2D eigenvalue weighted by molar-refractivity contribution is 7.93. The third kappa shape index (κ3) is 6.18. The number of nitrogens with one attached hydrogen (secondary N) is 1. The summed E-state index contributed by atoms with van der Waals surface area (Å²) in [5.74, 6) is 0.688. The molecule has 1 N–H and O–H groups in total. The first-order valence-electron chi connectivity index (χ1n) is 6.10. The second-order valence-corrected chi connectivity index (χ2v) is 12.3. The summed E-state index contributed by atoms with van der Waals surface area (Å²) >= 11 is 0. The van der Waals surface area contributed by atoms with Crippen molar-refractivity contribution in [3.63, 3.8) is 0 Å². The lowest BCUT2D eigenvalue weighted by Gasteiger charge is -2.20. The van der Waals surface area contributed by atoms with Crippen molar-refractivity contribution >= 4 is 19.6 Å². The molecule has 0 aromatic rings. The lowest BCUT2D eigenvalue weighted by atomic mass is 10.3. The smallest absolute Gasteiger partial charge is 0.154 e. The molecular weight excluding hydrogens is 270 g/mol. The Kier molecular flexibility index (Phi) is 7.16. The fraction of sp³-hybridized carbons (Fsp3) is 1.00. The van der Waals surface area contributed by atoms with E-state index in [1.54, 1.807) is 34.6 Å². The molecule has 0 aliphatic heterocycles. The van der Waals surface area contributed by atoms with Gasteiger partial charge in [0.05, 0.1) is 4.75 Å². The summed E-state index contributed by atoms with van der Waals surface area (Å²) in [5.41, 5.74) is 0. The minimum absolute atomic E-state index is 0.233. The average molecular weight is 300 g/mol. The Bertz CT molecular complexity index is 391. The number of rotatable bonds is 2. The molecule has 18 heavy (non-hydrogen) atoms. The van der Waals surface area contributed by atoms with Gasteiger partial charge in [-0.25, -0.2) is 12.6 Å². The van der Waals surface area contributed by atoms with Gasteiger partial charge in [0.25, 0.3) is 0 Å². The summed E-state index contributed by atoms with van der Waals surface area (Å²) in [6.07, 6.45) is 0. The maximum Gasteiger partial charge on any atom is 0.154 e. The Morgan fingerprint density at radius 1 is 0.778 bits per heavy atom. The van der Waals surface area contributed by atoms with E-state index in [0.717, 1.165) is 0 Å². The molecule has 4 nitrogen and oxygen atoms in total. The summed E-state index contributed by atoms with van der Waals surface area (Å²) in [6, 6.07) is 0. The molecule has 0 rings (SSSR count). The van der Waals surface area contributed by atoms with Crippen LogP contribution < -0.4 is 0 Å². The zero-order valence-corrected chi connectivity index (χ0v) is 14.6. The first-order valence-corrected chi connectivity index (χ1v) is 9.48. The molecule has 0 aromatic carbocycles. The molecule has 1 atom stereocenters. The van der Waals surface area contributed by atoms with Crippen LogP contribution in [0.1, 0.15) is 55.4 Å². The van der Waals surface area contributed by atoms with E-state index in [1.165, 1.54) is 0 Å². The van der Waals surface area contributed by atoms with Crippen LogP contribution in [0.25, 0.3) is 0 Å². The summed E-state index contributed by atoms with van der Waals surface area (Å²) in [7, 11) is -5.17. The number of sulfone groups is 1. The second-order valence-electron chi connectivity index (χ2n) is 6.09. The lowest BCUT2D eigenvalue weighted by Crippen LogP contribution is -2.29. The molecule has 0 amide bonds. The van der Waals surface area contributed by atoms with E-state index in [2.05, 4.69) is 0 Å². The van der Waals surface area contributed by atoms with Crippen LogP contribution in [-0.4, -0.2) is 33.6 Å². The van der Waals surface area contributed by atoms with Gasteiger partial charge in [-0.1, -0.05) is 13.8 Å². The zero-order chi connectivity index (χ0) is 15.4. The molecule has 0 fully saturated rings. The summed E-state index contributed by atoms with van der Waals surface area (Å²) < 4.78 is 39.7. The van der Waals surface area contributed by atoms with Crippen molar-refractivity contribution in [2.75, 3.05) is 11.5 Å². The van der Waals surface area contributed by atoms with Crippen molar-refractivity contribution in [3.8, 4) is 0 Å². The monoisotopic (exact) mass is 299 g/mol. The molecule has 0 bridgehead atoms. The maximum atomic E-state index is 11.2. The van der Waals surface area contributed by atoms with Crippen LogP contribution in [-0.2, 0) is 19.6 Å². The van der Waals surface area contributed by atoms with Gasteiger partial charge in [0.15, 0.2) is 9.84 Å². The van der Waals surface area contributed by atoms with Crippen molar-refractivity contribution in [2.24, 2.45) is 0 Å². The quantitative estimate of drug-likeness (QED) is 0.851. The van der Waals surface area contributed by atoms with Gasteiger partial charge in [0.1, 0.15) is 0 Å². The van der Waals surface area contributed by atoms with Crippen LogP contribution in [0.2, 0.25) is 0 Å². The predicted molar refractivity (Wildman–Crippen MR) is 80.4 cm³/mol. The van der Waals surface area contributed by atoms with Crippen LogP contribution in [0.3, 0.4) is 0 Å². The standard InChI is InChI=1S/C6H15NOS.C6H14O2S/c2*1-5-9(7,8)6(2,3)4/h7H,5H2,1-4H3;5H2,1-4H3. The second kappa shape index (κ2) is 6.37. The molecule has 1 unspecified atom stereocenters. The predicted octanol–water partition coefficient (Wildman–Crippen LogP) is 3.07.